The molecule has 0 bridgehead atoms. The van der Waals surface area contributed by atoms with Crippen molar-refractivity contribution in [1.82, 2.24) is 15.1 Å². The van der Waals surface area contributed by atoms with Crippen LogP contribution in [0.25, 0.3) is 0 Å². The van der Waals surface area contributed by atoms with Gasteiger partial charge in [0, 0.05) is 13.1 Å². The van der Waals surface area contributed by atoms with Gasteiger partial charge in [-0.15, -0.1) is 0 Å². The summed E-state index contributed by atoms with van der Waals surface area (Å²) in [5.74, 6) is 1.03. The number of imide groups is 1. The fourth-order valence-corrected chi connectivity index (χ4v) is 5.95. The van der Waals surface area contributed by atoms with Gasteiger partial charge in [-0.25, -0.2) is 4.79 Å². The van der Waals surface area contributed by atoms with Crippen molar-refractivity contribution in [1.29, 1.82) is 0 Å². The Morgan fingerprint density at radius 1 is 1.08 bits per heavy atom. The number of fused-ring (bicyclic) bond motifs is 2. The normalized spacial score (nSPS) is 22.0. The van der Waals surface area contributed by atoms with Crippen molar-refractivity contribution in [3.05, 3.63) is 65.2 Å². The molecule has 1 atom stereocenters. The van der Waals surface area contributed by atoms with E-state index in [4.69, 9.17) is 4.74 Å². The van der Waals surface area contributed by atoms with Gasteiger partial charge in [-0.2, -0.15) is 0 Å². The number of nitrogens with zero attached hydrogens (tertiary/aromatic N) is 2. The maximum absolute atomic E-state index is 13.5. The van der Waals surface area contributed by atoms with Crippen LogP contribution in [0.3, 0.4) is 0 Å². The Hall–Kier alpha value is -3.35. The number of piperidine rings is 1. The van der Waals surface area contributed by atoms with Crippen molar-refractivity contribution in [2.75, 3.05) is 26.2 Å². The van der Waals surface area contributed by atoms with E-state index in [2.05, 4.69) is 17.4 Å². The molecule has 4 amide bonds. The molecule has 0 aromatic heterocycles. The number of ether oxygens (including phenoxy) is 1. The van der Waals surface area contributed by atoms with Gasteiger partial charge in [-0.1, -0.05) is 36.4 Å². The second-order valence-corrected chi connectivity index (χ2v) is 10.2. The summed E-state index contributed by atoms with van der Waals surface area (Å²) in [5.41, 5.74) is 2.24. The monoisotopic (exact) mass is 489 g/mol. The lowest BCUT2D eigenvalue weighted by Crippen LogP contribution is -2.48. The van der Waals surface area contributed by atoms with E-state index in [1.54, 1.807) is 0 Å². The van der Waals surface area contributed by atoms with Crippen molar-refractivity contribution >= 4 is 17.8 Å². The number of hydrogen-bond donors (Lipinski definition) is 1. The summed E-state index contributed by atoms with van der Waals surface area (Å²) in [6.45, 7) is 3.80. The van der Waals surface area contributed by atoms with Crippen LogP contribution in [0.1, 0.15) is 55.7 Å². The summed E-state index contributed by atoms with van der Waals surface area (Å²) in [7, 11) is 0. The zero-order chi connectivity index (χ0) is 25.1. The summed E-state index contributed by atoms with van der Waals surface area (Å²) in [6, 6.07) is 15.6. The van der Waals surface area contributed by atoms with Crippen LogP contribution in [0.5, 0.6) is 5.75 Å². The van der Waals surface area contributed by atoms with Gasteiger partial charge in [0.15, 0.2) is 0 Å². The molecule has 2 aromatic rings. The van der Waals surface area contributed by atoms with Crippen molar-refractivity contribution < 1.29 is 19.1 Å². The predicted molar refractivity (Wildman–Crippen MR) is 137 cm³/mol. The maximum Gasteiger partial charge on any atom is 0.325 e. The number of amides is 4. The molecule has 1 N–H and O–H groups in total. The number of rotatable bonds is 7. The lowest BCUT2D eigenvalue weighted by atomic mass is 9.76. The molecule has 1 unspecified atom stereocenters. The highest BCUT2D eigenvalue weighted by Crippen LogP contribution is 2.40. The fourth-order valence-electron chi connectivity index (χ4n) is 5.95. The minimum absolute atomic E-state index is 0.149. The Kier molecular flexibility index (Phi) is 6.99. The number of aryl methyl sites for hydroxylation is 2. The molecule has 7 heteroatoms. The van der Waals surface area contributed by atoms with E-state index in [1.807, 2.05) is 48.2 Å². The lowest BCUT2D eigenvalue weighted by molar-refractivity contribution is -0.140. The van der Waals surface area contributed by atoms with Crippen LogP contribution in [0.2, 0.25) is 0 Å². The van der Waals surface area contributed by atoms with Crippen LogP contribution in [0, 0.1) is 5.92 Å². The average Bonchev–Trinajstić information content (AvgIpc) is 3.13. The molecule has 2 aromatic carbocycles. The molecule has 2 aliphatic heterocycles. The SMILES string of the molecule is CCOc1ccc(CCC2CCN(C(=O)CN3C(=O)NC4(CCCc5ccccc54)C3=O)CC2)cc1. The Balaban J connectivity index is 1.13. The van der Waals surface area contributed by atoms with Crippen LogP contribution >= 0.6 is 0 Å². The fraction of sp³-hybridized carbons (Fsp3) is 0.483. The number of urea groups is 1. The average molecular weight is 490 g/mol. The second kappa shape index (κ2) is 10.3. The lowest BCUT2D eigenvalue weighted by Gasteiger charge is -2.34. The van der Waals surface area contributed by atoms with Crippen LogP contribution in [0.15, 0.2) is 48.5 Å². The van der Waals surface area contributed by atoms with E-state index in [0.717, 1.165) is 60.3 Å². The standard InChI is InChI=1S/C29H35N3O4/c1-2-36-24-13-11-21(12-14-24)9-10-22-15-18-31(19-16-22)26(33)20-32-27(34)29(30-28(32)35)17-5-7-23-6-3-4-8-25(23)29/h3-4,6,8,11-14,22H,2,5,7,9-10,15-20H2,1H3,(H,30,35). The van der Waals surface area contributed by atoms with Gasteiger partial charge < -0.3 is 15.0 Å². The largest absolute Gasteiger partial charge is 0.494 e. The van der Waals surface area contributed by atoms with Crippen LogP contribution in [0.4, 0.5) is 4.79 Å². The van der Waals surface area contributed by atoms with Gasteiger partial charge >= 0.3 is 6.03 Å². The van der Waals surface area contributed by atoms with Gasteiger partial charge in [-0.05, 0) is 86.6 Å². The molecular weight excluding hydrogens is 454 g/mol. The highest BCUT2D eigenvalue weighted by atomic mass is 16.5. The Morgan fingerprint density at radius 3 is 2.58 bits per heavy atom. The number of carbonyl (C=O) groups excluding carboxylic acids is 3. The van der Waals surface area contributed by atoms with Crippen LogP contribution < -0.4 is 10.1 Å². The third-order valence-corrected chi connectivity index (χ3v) is 7.99. The number of likely N-dealkylation sites (tertiary alicyclic amines) is 1. The summed E-state index contributed by atoms with van der Waals surface area (Å²) in [6.07, 6.45) is 6.28. The molecule has 36 heavy (non-hydrogen) atoms. The van der Waals surface area contributed by atoms with Crippen molar-refractivity contribution in [2.24, 2.45) is 5.92 Å². The first-order valence-electron chi connectivity index (χ1n) is 13.2. The molecule has 0 radical (unpaired) electrons. The number of hydrogen-bond acceptors (Lipinski definition) is 4. The minimum atomic E-state index is -1.03. The third kappa shape index (κ3) is 4.71. The number of nitrogens with one attached hydrogen (secondary N) is 1. The molecule has 1 spiro atoms. The minimum Gasteiger partial charge on any atom is -0.494 e. The van der Waals surface area contributed by atoms with E-state index in [-0.39, 0.29) is 18.4 Å². The van der Waals surface area contributed by atoms with Crippen molar-refractivity contribution in [2.45, 2.75) is 57.4 Å². The van der Waals surface area contributed by atoms with E-state index >= 15 is 0 Å². The summed E-state index contributed by atoms with van der Waals surface area (Å²) in [5, 5.41) is 2.94. The zero-order valence-electron chi connectivity index (χ0n) is 21.0. The highest BCUT2D eigenvalue weighted by Gasteiger charge is 2.54. The maximum atomic E-state index is 13.5. The molecule has 2 fully saturated rings. The summed E-state index contributed by atoms with van der Waals surface area (Å²) >= 11 is 0. The smallest absolute Gasteiger partial charge is 0.325 e. The van der Waals surface area contributed by atoms with Gasteiger partial charge in [0.1, 0.15) is 17.8 Å². The first kappa shape index (κ1) is 24.3. The van der Waals surface area contributed by atoms with Gasteiger partial charge in [-0.3, -0.25) is 14.5 Å². The van der Waals surface area contributed by atoms with E-state index in [0.29, 0.717) is 32.0 Å². The van der Waals surface area contributed by atoms with E-state index < -0.39 is 11.6 Å². The number of carbonyl (C=O) groups is 3. The van der Waals surface area contributed by atoms with Gasteiger partial charge in [0.2, 0.25) is 5.91 Å². The molecule has 5 rings (SSSR count). The van der Waals surface area contributed by atoms with Crippen LogP contribution in [-0.4, -0.2) is 53.9 Å². The van der Waals surface area contributed by atoms with Gasteiger partial charge in [0.05, 0.1) is 6.61 Å². The first-order chi connectivity index (χ1) is 17.5. The Labute approximate surface area is 212 Å². The summed E-state index contributed by atoms with van der Waals surface area (Å²) in [4.78, 5) is 42.3. The summed E-state index contributed by atoms with van der Waals surface area (Å²) < 4.78 is 5.51. The molecule has 0 saturated carbocycles. The molecule has 7 nitrogen and oxygen atoms in total. The quantitative estimate of drug-likeness (QED) is 0.596. The van der Waals surface area contributed by atoms with Crippen molar-refractivity contribution in [3.63, 3.8) is 0 Å². The Morgan fingerprint density at radius 2 is 1.83 bits per heavy atom. The topological polar surface area (TPSA) is 79.0 Å². The third-order valence-electron chi connectivity index (χ3n) is 7.99. The molecule has 3 aliphatic rings. The highest BCUT2D eigenvalue weighted by molar-refractivity contribution is 6.09. The molecule has 2 saturated heterocycles. The van der Waals surface area contributed by atoms with Crippen molar-refractivity contribution in [3.8, 4) is 5.75 Å². The molecule has 2 heterocycles. The van der Waals surface area contributed by atoms with E-state index in [9.17, 15) is 14.4 Å². The van der Waals surface area contributed by atoms with Crippen LogP contribution in [-0.2, 0) is 28.0 Å². The Bertz CT molecular complexity index is 1120. The predicted octanol–water partition coefficient (Wildman–Crippen LogP) is 4.04. The molecular formula is C29H35N3O4. The first-order valence-corrected chi connectivity index (χ1v) is 13.2. The number of benzene rings is 2. The van der Waals surface area contributed by atoms with E-state index in [1.165, 1.54) is 5.56 Å². The van der Waals surface area contributed by atoms with Gasteiger partial charge in [0.25, 0.3) is 5.91 Å². The zero-order valence-corrected chi connectivity index (χ0v) is 21.0. The molecule has 190 valence electrons. The second-order valence-electron chi connectivity index (χ2n) is 10.2. The molecule has 1 aliphatic carbocycles.